The van der Waals surface area contributed by atoms with Crippen LogP contribution in [0.5, 0.6) is 0 Å². The van der Waals surface area contributed by atoms with Gasteiger partial charge in [0.25, 0.3) is 0 Å². The van der Waals surface area contributed by atoms with Crippen LogP contribution in [0.2, 0.25) is 0 Å². The Balaban J connectivity index is 1.26. The SMILES string of the molecule is CCCOC1(c2ccc(F)cc2)CCN(CCCC2CNC(=O)C2(c2ccccc2)c2ccccc2)CC1. The summed E-state index contributed by atoms with van der Waals surface area (Å²) in [7, 11) is 0. The first-order chi connectivity index (χ1) is 18.6. The quantitative estimate of drug-likeness (QED) is 0.358. The van der Waals surface area contributed by atoms with Crippen molar-refractivity contribution in [2.45, 2.75) is 50.0 Å². The molecule has 5 heteroatoms. The predicted octanol–water partition coefficient (Wildman–Crippen LogP) is 6.06. The summed E-state index contributed by atoms with van der Waals surface area (Å²) in [6, 6.07) is 27.4. The largest absolute Gasteiger partial charge is 0.370 e. The van der Waals surface area contributed by atoms with Gasteiger partial charge in [-0.25, -0.2) is 4.39 Å². The summed E-state index contributed by atoms with van der Waals surface area (Å²) in [5.74, 6) is 0.0876. The van der Waals surface area contributed by atoms with E-state index in [1.54, 1.807) is 12.1 Å². The Morgan fingerprint density at radius 2 is 1.50 bits per heavy atom. The first-order valence-corrected chi connectivity index (χ1v) is 14.1. The van der Waals surface area contributed by atoms with Gasteiger partial charge < -0.3 is 15.0 Å². The number of rotatable bonds is 10. The van der Waals surface area contributed by atoms with Crippen LogP contribution in [0, 0.1) is 11.7 Å². The van der Waals surface area contributed by atoms with Crippen molar-refractivity contribution < 1.29 is 13.9 Å². The molecule has 2 aliphatic rings. The third kappa shape index (κ3) is 5.14. The highest BCUT2D eigenvalue weighted by Gasteiger charge is 2.52. The molecule has 1 atom stereocenters. The van der Waals surface area contributed by atoms with Crippen molar-refractivity contribution in [2.75, 3.05) is 32.8 Å². The van der Waals surface area contributed by atoms with E-state index in [1.165, 1.54) is 0 Å². The number of amides is 1. The molecule has 1 unspecified atom stereocenters. The maximum atomic E-state index is 13.6. The zero-order chi connectivity index (χ0) is 26.4. The number of nitrogens with zero attached hydrogens (tertiary/aromatic N) is 1. The molecule has 1 amide bonds. The molecule has 2 fully saturated rings. The van der Waals surface area contributed by atoms with Crippen LogP contribution in [-0.2, 0) is 20.5 Å². The maximum Gasteiger partial charge on any atom is 0.235 e. The molecule has 4 nitrogen and oxygen atoms in total. The van der Waals surface area contributed by atoms with E-state index >= 15 is 0 Å². The van der Waals surface area contributed by atoms with Crippen molar-refractivity contribution in [3.8, 4) is 0 Å². The van der Waals surface area contributed by atoms with E-state index in [4.69, 9.17) is 4.74 Å². The minimum Gasteiger partial charge on any atom is -0.370 e. The van der Waals surface area contributed by atoms with E-state index in [9.17, 15) is 9.18 Å². The first-order valence-electron chi connectivity index (χ1n) is 14.1. The molecule has 0 saturated carbocycles. The number of ether oxygens (including phenoxy) is 1. The van der Waals surface area contributed by atoms with Crippen molar-refractivity contribution in [3.63, 3.8) is 0 Å². The number of hydrogen-bond acceptors (Lipinski definition) is 3. The third-order valence-corrected chi connectivity index (χ3v) is 8.58. The monoisotopic (exact) mass is 514 g/mol. The van der Waals surface area contributed by atoms with E-state index in [2.05, 4.69) is 41.4 Å². The van der Waals surface area contributed by atoms with Crippen molar-refractivity contribution >= 4 is 5.91 Å². The molecule has 0 aliphatic carbocycles. The highest BCUT2D eigenvalue weighted by molar-refractivity contribution is 5.94. The summed E-state index contributed by atoms with van der Waals surface area (Å²) in [4.78, 5) is 16.0. The molecule has 200 valence electrons. The van der Waals surface area contributed by atoms with Gasteiger partial charge in [0.15, 0.2) is 0 Å². The van der Waals surface area contributed by atoms with Gasteiger partial charge in [-0.1, -0.05) is 79.7 Å². The van der Waals surface area contributed by atoms with Crippen molar-refractivity contribution in [1.29, 1.82) is 0 Å². The highest BCUT2D eigenvalue weighted by Crippen LogP contribution is 2.45. The van der Waals surface area contributed by atoms with E-state index in [1.807, 2.05) is 48.5 Å². The van der Waals surface area contributed by atoms with Crippen molar-refractivity contribution in [2.24, 2.45) is 5.92 Å². The molecule has 2 aliphatic heterocycles. The molecular formula is C33H39FN2O2. The summed E-state index contributed by atoms with van der Waals surface area (Å²) >= 11 is 0. The Hall–Kier alpha value is -3.02. The molecule has 0 bridgehead atoms. The van der Waals surface area contributed by atoms with Crippen molar-refractivity contribution in [1.82, 2.24) is 10.2 Å². The van der Waals surface area contributed by atoms with Gasteiger partial charge in [0.05, 0.1) is 5.60 Å². The predicted molar refractivity (Wildman–Crippen MR) is 149 cm³/mol. The van der Waals surface area contributed by atoms with Gasteiger partial charge >= 0.3 is 0 Å². The number of benzene rings is 3. The molecule has 3 aromatic rings. The molecule has 0 spiro atoms. The Morgan fingerprint density at radius 1 is 0.895 bits per heavy atom. The van der Waals surface area contributed by atoms with Crippen LogP contribution < -0.4 is 5.32 Å². The van der Waals surface area contributed by atoms with Gasteiger partial charge in [0, 0.05) is 26.2 Å². The molecule has 2 heterocycles. The van der Waals surface area contributed by atoms with Crippen LogP contribution in [0.3, 0.4) is 0 Å². The minimum atomic E-state index is -0.657. The molecule has 0 radical (unpaired) electrons. The molecule has 1 N–H and O–H groups in total. The lowest BCUT2D eigenvalue weighted by Crippen LogP contribution is -2.45. The Morgan fingerprint density at radius 3 is 2.08 bits per heavy atom. The van der Waals surface area contributed by atoms with E-state index < -0.39 is 5.41 Å². The lowest BCUT2D eigenvalue weighted by atomic mass is 9.66. The second-order valence-electron chi connectivity index (χ2n) is 10.8. The Kier molecular flexibility index (Phi) is 8.25. The first kappa shape index (κ1) is 26.6. The summed E-state index contributed by atoms with van der Waals surface area (Å²) in [6.07, 6.45) is 4.76. The molecular weight excluding hydrogens is 475 g/mol. The topological polar surface area (TPSA) is 41.6 Å². The fourth-order valence-electron chi connectivity index (χ4n) is 6.58. The Bertz CT molecular complexity index is 1140. The highest BCUT2D eigenvalue weighted by atomic mass is 19.1. The zero-order valence-corrected chi connectivity index (χ0v) is 22.4. The van der Waals surface area contributed by atoms with Gasteiger partial charge in [-0.15, -0.1) is 0 Å². The summed E-state index contributed by atoms with van der Waals surface area (Å²) < 4.78 is 20.0. The van der Waals surface area contributed by atoms with Crippen LogP contribution >= 0.6 is 0 Å². The molecule has 0 aromatic heterocycles. The fraction of sp³-hybridized carbons (Fsp3) is 0.424. The van der Waals surface area contributed by atoms with E-state index in [0.29, 0.717) is 13.2 Å². The second kappa shape index (κ2) is 11.8. The van der Waals surface area contributed by atoms with Gasteiger partial charge in [0.2, 0.25) is 5.91 Å². The van der Waals surface area contributed by atoms with Crippen LogP contribution in [0.1, 0.15) is 55.7 Å². The molecule has 2 saturated heterocycles. The van der Waals surface area contributed by atoms with Crippen LogP contribution in [0.4, 0.5) is 4.39 Å². The standard InChI is InChI=1S/C33H39FN2O2/c1-2-24-38-32(26-15-17-30(34)18-16-26)19-22-36(23-20-32)21-9-14-29-25-35-31(37)33(29,27-10-5-3-6-11-27)28-12-7-4-8-13-28/h3-8,10-13,15-18,29H,2,9,14,19-25H2,1H3,(H,35,37). The average Bonchev–Trinajstić information content (AvgIpc) is 3.30. The van der Waals surface area contributed by atoms with Crippen LogP contribution in [0.15, 0.2) is 84.9 Å². The number of nitrogens with one attached hydrogen (secondary N) is 1. The maximum absolute atomic E-state index is 13.6. The molecule has 5 rings (SSSR count). The number of halogens is 1. The molecule has 3 aromatic carbocycles. The summed E-state index contributed by atoms with van der Waals surface area (Å²) in [6.45, 7) is 6.43. The molecule has 38 heavy (non-hydrogen) atoms. The number of hydrogen-bond donors (Lipinski definition) is 1. The summed E-state index contributed by atoms with van der Waals surface area (Å²) in [5, 5.41) is 3.20. The van der Waals surface area contributed by atoms with Gasteiger partial charge in [0.1, 0.15) is 11.2 Å². The third-order valence-electron chi connectivity index (χ3n) is 8.58. The smallest absolute Gasteiger partial charge is 0.235 e. The number of carbonyl (C=O) groups excluding carboxylic acids is 1. The lowest BCUT2D eigenvalue weighted by Gasteiger charge is -2.42. The van der Waals surface area contributed by atoms with Gasteiger partial charge in [-0.05, 0) is 73.4 Å². The van der Waals surface area contributed by atoms with Gasteiger partial charge in [-0.2, -0.15) is 0 Å². The number of likely N-dealkylation sites (tertiary alicyclic amines) is 1. The zero-order valence-electron chi connectivity index (χ0n) is 22.4. The van der Waals surface area contributed by atoms with E-state index in [-0.39, 0.29) is 23.2 Å². The van der Waals surface area contributed by atoms with Crippen LogP contribution in [-0.4, -0.2) is 43.6 Å². The van der Waals surface area contributed by atoms with Crippen LogP contribution in [0.25, 0.3) is 0 Å². The van der Waals surface area contributed by atoms with Crippen molar-refractivity contribution in [3.05, 3.63) is 107 Å². The Labute approximate surface area is 226 Å². The normalized spacial score (nSPS) is 20.8. The van der Waals surface area contributed by atoms with E-state index in [0.717, 1.165) is 68.4 Å². The van der Waals surface area contributed by atoms with Gasteiger partial charge in [-0.3, -0.25) is 4.79 Å². The lowest BCUT2D eigenvalue weighted by molar-refractivity contribution is -0.123. The number of piperidine rings is 1. The fourth-order valence-corrected chi connectivity index (χ4v) is 6.58. The summed E-state index contributed by atoms with van der Waals surface area (Å²) in [5.41, 5.74) is 2.23. The average molecular weight is 515 g/mol. The minimum absolute atomic E-state index is 0.107. The second-order valence-corrected chi connectivity index (χ2v) is 10.8. The number of carbonyl (C=O) groups is 1.